The van der Waals surface area contributed by atoms with E-state index in [0.29, 0.717) is 30.3 Å². The summed E-state index contributed by atoms with van der Waals surface area (Å²) in [6.45, 7) is 3.08. The second-order valence-corrected chi connectivity index (χ2v) is 6.64. The molecule has 3 heterocycles. The molecule has 0 bridgehead atoms. The third-order valence-corrected chi connectivity index (χ3v) is 4.87. The lowest BCUT2D eigenvalue weighted by Crippen LogP contribution is -2.40. The van der Waals surface area contributed by atoms with E-state index in [1.165, 1.54) is 12.1 Å². The molecule has 2 aromatic heterocycles. The summed E-state index contributed by atoms with van der Waals surface area (Å²) in [4.78, 5) is 18.6. The molecule has 0 saturated carbocycles. The second-order valence-electron chi connectivity index (χ2n) is 6.64. The molecule has 140 valence electrons. The fourth-order valence-electron chi connectivity index (χ4n) is 3.23. The fourth-order valence-corrected chi connectivity index (χ4v) is 3.23. The van der Waals surface area contributed by atoms with Gasteiger partial charge in [0.05, 0.1) is 12.5 Å². The van der Waals surface area contributed by atoms with Crippen LogP contribution in [0.1, 0.15) is 30.3 Å². The first-order valence-corrected chi connectivity index (χ1v) is 8.83. The number of amides is 1. The lowest BCUT2D eigenvalue weighted by molar-refractivity contribution is -0.131. The first kappa shape index (κ1) is 17.3. The predicted molar refractivity (Wildman–Crippen MR) is 93.0 cm³/mol. The molecule has 0 atom stereocenters. The number of hydrogen-bond acceptors (Lipinski definition) is 6. The van der Waals surface area contributed by atoms with Crippen molar-refractivity contribution in [1.29, 1.82) is 0 Å². The van der Waals surface area contributed by atoms with Crippen LogP contribution in [0.5, 0.6) is 0 Å². The minimum absolute atomic E-state index is 0.0258. The van der Waals surface area contributed by atoms with Gasteiger partial charge in [0.1, 0.15) is 23.5 Å². The van der Waals surface area contributed by atoms with Gasteiger partial charge in [-0.3, -0.25) is 4.79 Å². The first-order chi connectivity index (χ1) is 13.1. The van der Waals surface area contributed by atoms with E-state index in [9.17, 15) is 9.18 Å². The predicted octanol–water partition coefficient (Wildman–Crippen LogP) is 2.18. The molecule has 27 heavy (non-hydrogen) atoms. The zero-order valence-electron chi connectivity index (χ0n) is 14.9. The minimum Gasteiger partial charge on any atom is -0.342 e. The number of carbonyl (C=O) groups excluding carboxylic acids is 1. The van der Waals surface area contributed by atoms with Crippen molar-refractivity contribution in [3.8, 4) is 11.4 Å². The van der Waals surface area contributed by atoms with E-state index >= 15 is 0 Å². The molecular weight excluding hydrogens is 351 g/mol. The van der Waals surface area contributed by atoms with Gasteiger partial charge in [-0.15, -0.1) is 0 Å². The van der Waals surface area contributed by atoms with E-state index in [-0.39, 0.29) is 24.2 Å². The molecule has 4 rings (SSSR count). The summed E-state index contributed by atoms with van der Waals surface area (Å²) >= 11 is 0. The highest BCUT2D eigenvalue weighted by Gasteiger charge is 2.25. The Morgan fingerprint density at radius 1 is 1.22 bits per heavy atom. The Balaban J connectivity index is 1.36. The van der Waals surface area contributed by atoms with Crippen LogP contribution in [0.2, 0.25) is 0 Å². The first-order valence-electron chi connectivity index (χ1n) is 8.83. The van der Waals surface area contributed by atoms with Crippen molar-refractivity contribution in [2.75, 3.05) is 13.1 Å². The third kappa shape index (κ3) is 3.71. The Labute approximate surface area is 155 Å². The number of hydrogen-bond donors (Lipinski definition) is 0. The number of rotatable bonds is 4. The van der Waals surface area contributed by atoms with Crippen LogP contribution < -0.4 is 0 Å². The zero-order valence-corrected chi connectivity index (χ0v) is 14.9. The molecule has 0 unspecified atom stereocenters. The largest absolute Gasteiger partial charge is 0.342 e. The van der Waals surface area contributed by atoms with Crippen LogP contribution in [0.15, 0.2) is 35.2 Å². The summed E-state index contributed by atoms with van der Waals surface area (Å²) in [5.41, 5.74) is 2.01. The molecule has 0 N–H and O–H groups in total. The van der Waals surface area contributed by atoms with Gasteiger partial charge in [-0.1, -0.05) is 10.3 Å². The average Bonchev–Trinajstić information content (AvgIpc) is 3.32. The van der Waals surface area contributed by atoms with Gasteiger partial charge in [-0.05, 0) is 44.0 Å². The van der Waals surface area contributed by atoms with Crippen LogP contribution >= 0.6 is 0 Å². The Hall–Kier alpha value is -3.10. The second kappa shape index (κ2) is 7.26. The number of piperidine rings is 1. The van der Waals surface area contributed by atoms with Gasteiger partial charge in [-0.2, -0.15) is 5.10 Å². The molecule has 1 fully saturated rings. The maximum Gasteiger partial charge on any atom is 0.228 e. The molecule has 1 aliphatic rings. The topological polar surface area (TPSA) is 89.9 Å². The van der Waals surface area contributed by atoms with Crippen molar-refractivity contribution >= 4 is 5.91 Å². The SMILES string of the molecule is Cc1nonc1CC(=O)N1CCC(n2cnc(-c3ccc(F)cc3)n2)CC1. The summed E-state index contributed by atoms with van der Waals surface area (Å²) in [5.74, 6) is 0.312. The monoisotopic (exact) mass is 370 g/mol. The van der Waals surface area contributed by atoms with Crippen LogP contribution in [-0.2, 0) is 11.2 Å². The summed E-state index contributed by atoms with van der Waals surface area (Å²) in [6.07, 6.45) is 3.51. The van der Waals surface area contributed by atoms with E-state index in [1.807, 2.05) is 9.58 Å². The lowest BCUT2D eigenvalue weighted by Gasteiger charge is -2.31. The molecule has 1 saturated heterocycles. The maximum atomic E-state index is 13.1. The molecule has 9 heteroatoms. The van der Waals surface area contributed by atoms with Crippen LogP contribution in [-0.4, -0.2) is 49.0 Å². The average molecular weight is 370 g/mol. The number of nitrogens with zero attached hydrogens (tertiary/aromatic N) is 6. The highest BCUT2D eigenvalue weighted by atomic mass is 19.1. The van der Waals surface area contributed by atoms with Gasteiger partial charge in [0.25, 0.3) is 0 Å². The van der Waals surface area contributed by atoms with Gasteiger partial charge in [0, 0.05) is 18.7 Å². The molecule has 1 aliphatic heterocycles. The molecule has 3 aromatic rings. The van der Waals surface area contributed by atoms with Crippen molar-refractivity contribution in [3.63, 3.8) is 0 Å². The van der Waals surface area contributed by atoms with E-state index < -0.39 is 0 Å². The van der Waals surface area contributed by atoms with E-state index in [0.717, 1.165) is 18.4 Å². The Kier molecular flexibility index (Phi) is 4.66. The number of benzene rings is 1. The van der Waals surface area contributed by atoms with Crippen molar-refractivity contribution in [1.82, 2.24) is 30.0 Å². The van der Waals surface area contributed by atoms with E-state index in [2.05, 4.69) is 25.0 Å². The summed E-state index contributed by atoms with van der Waals surface area (Å²) in [6, 6.07) is 6.30. The standard InChI is InChI=1S/C18H19FN6O2/c1-12-16(23-27-22-12)10-17(26)24-8-6-15(7-9-24)25-11-20-18(21-25)13-2-4-14(19)5-3-13/h2-5,11,15H,6-10H2,1H3. The molecule has 8 nitrogen and oxygen atoms in total. The van der Waals surface area contributed by atoms with Crippen molar-refractivity contribution in [3.05, 3.63) is 47.8 Å². The maximum absolute atomic E-state index is 13.1. The number of aryl methyl sites for hydroxylation is 1. The molecule has 0 aliphatic carbocycles. The van der Waals surface area contributed by atoms with Crippen LogP contribution in [0.4, 0.5) is 4.39 Å². The lowest BCUT2D eigenvalue weighted by atomic mass is 10.0. The summed E-state index contributed by atoms with van der Waals surface area (Å²) in [7, 11) is 0. The van der Waals surface area contributed by atoms with Gasteiger partial charge < -0.3 is 4.90 Å². The normalized spacial score (nSPS) is 15.3. The van der Waals surface area contributed by atoms with Gasteiger partial charge in [-0.25, -0.2) is 18.7 Å². The van der Waals surface area contributed by atoms with Crippen LogP contribution in [0.25, 0.3) is 11.4 Å². The quantitative estimate of drug-likeness (QED) is 0.699. The van der Waals surface area contributed by atoms with Crippen LogP contribution in [0.3, 0.4) is 0 Å². The van der Waals surface area contributed by atoms with Crippen LogP contribution in [0, 0.1) is 12.7 Å². The van der Waals surface area contributed by atoms with Gasteiger partial charge >= 0.3 is 0 Å². The van der Waals surface area contributed by atoms with E-state index in [4.69, 9.17) is 0 Å². The summed E-state index contributed by atoms with van der Waals surface area (Å²) in [5, 5.41) is 12.0. The molecule has 1 amide bonds. The van der Waals surface area contributed by atoms with Gasteiger partial charge in [0.2, 0.25) is 5.91 Å². The number of halogens is 1. The Bertz CT molecular complexity index is 927. The third-order valence-electron chi connectivity index (χ3n) is 4.87. The Morgan fingerprint density at radius 2 is 1.96 bits per heavy atom. The summed E-state index contributed by atoms with van der Waals surface area (Å²) < 4.78 is 19.5. The number of aromatic nitrogens is 5. The van der Waals surface area contributed by atoms with Crippen molar-refractivity contribution < 1.29 is 13.8 Å². The molecule has 0 spiro atoms. The molecule has 1 aromatic carbocycles. The minimum atomic E-state index is -0.285. The zero-order chi connectivity index (χ0) is 18.8. The highest BCUT2D eigenvalue weighted by Crippen LogP contribution is 2.24. The fraction of sp³-hybridized carbons (Fsp3) is 0.389. The Morgan fingerprint density at radius 3 is 2.63 bits per heavy atom. The van der Waals surface area contributed by atoms with Gasteiger partial charge in [0.15, 0.2) is 5.82 Å². The smallest absolute Gasteiger partial charge is 0.228 e. The number of carbonyl (C=O) groups is 1. The van der Waals surface area contributed by atoms with E-state index in [1.54, 1.807) is 25.4 Å². The molecule has 0 radical (unpaired) electrons. The highest BCUT2D eigenvalue weighted by molar-refractivity contribution is 5.78. The van der Waals surface area contributed by atoms with Crippen molar-refractivity contribution in [2.45, 2.75) is 32.2 Å². The number of likely N-dealkylation sites (tertiary alicyclic amines) is 1. The molecular formula is C18H19FN6O2. The van der Waals surface area contributed by atoms with Crippen molar-refractivity contribution in [2.24, 2.45) is 0 Å².